The average molecular weight is 283 g/mol. The van der Waals surface area contributed by atoms with Gasteiger partial charge in [-0.05, 0) is 23.8 Å². The van der Waals surface area contributed by atoms with E-state index >= 15 is 0 Å². The Bertz CT molecular complexity index is 665. The maximum atomic E-state index is 12.5. The number of ether oxygens (including phenoxy) is 1. The third kappa shape index (κ3) is 3.28. The quantitative estimate of drug-likeness (QED) is 0.677. The van der Waals surface area contributed by atoms with Crippen LogP contribution in [0.25, 0.3) is 0 Å². The number of esters is 1. The van der Waals surface area contributed by atoms with Gasteiger partial charge in [0.15, 0.2) is 5.78 Å². The summed E-state index contributed by atoms with van der Waals surface area (Å²) < 4.78 is 4.75. The standard InChI is InChI=1S/C17H17NO3/c1-18-15-10-6-5-9-14(15)16(19)11-12-7-3-4-8-13(12)17(20)21-2/h3-10,18H,11H2,1-2H3. The maximum absolute atomic E-state index is 12.5. The van der Waals surface area contributed by atoms with Crippen LogP contribution in [0.1, 0.15) is 26.3 Å². The number of rotatable bonds is 5. The molecule has 4 nitrogen and oxygen atoms in total. The second-order valence-corrected chi connectivity index (χ2v) is 4.54. The number of nitrogens with one attached hydrogen (secondary N) is 1. The summed E-state index contributed by atoms with van der Waals surface area (Å²) >= 11 is 0. The molecule has 0 aliphatic heterocycles. The lowest BCUT2D eigenvalue weighted by atomic mass is 9.98. The van der Waals surface area contributed by atoms with E-state index in [1.54, 1.807) is 37.4 Å². The molecule has 0 aliphatic carbocycles. The largest absolute Gasteiger partial charge is 0.465 e. The lowest BCUT2D eigenvalue weighted by Gasteiger charge is -2.10. The van der Waals surface area contributed by atoms with Crippen molar-refractivity contribution in [3.63, 3.8) is 0 Å². The van der Waals surface area contributed by atoms with E-state index < -0.39 is 5.97 Å². The number of anilines is 1. The molecule has 0 aliphatic rings. The topological polar surface area (TPSA) is 55.4 Å². The smallest absolute Gasteiger partial charge is 0.338 e. The number of benzene rings is 2. The van der Waals surface area contributed by atoms with Crippen LogP contribution in [0.4, 0.5) is 5.69 Å². The van der Waals surface area contributed by atoms with Crippen molar-refractivity contribution in [2.45, 2.75) is 6.42 Å². The van der Waals surface area contributed by atoms with Crippen LogP contribution >= 0.6 is 0 Å². The average Bonchev–Trinajstić information content (AvgIpc) is 2.54. The SMILES string of the molecule is CNc1ccccc1C(=O)Cc1ccccc1C(=O)OC. The summed E-state index contributed by atoms with van der Waals surface area (Å²) in [6.45, 7) is 0. The Balaban J connectivity index is 2.30. The Hall–Kier alpha value is -2.62. The van der Waals surface area contributed by atoms with Crippen molar-refractivity contribution in [2.24, 2.45) is 0 Å². The molecule has 0 amide bonds. The number of hydrogen-bond donors (Lipinski definition) is 1. The molecule has 0 atom stereocenters. The van der Waals surface area contributed by atoms with Gasteiger partial charge in [-0.1, -0.05) is 30.3 Å². The summed E-state index contributed by atoms with van der Waals surface area (Å²) in [6.07, 6.45) is 0.157. The fraction of sp³-hybridized carbons (Fsp3) is 0.176. The zero-order valence-corrected chi connectivity index (χ0v) is 12.1. The third-order valence-corrected chi connectivity index (χ3v) is 3.27. The van der Waals surface area contributed by atoms with E-state index in [2.05, 4.69) is 5.32 Å². The van der Waals surface area contributed by atoms with Crippen LogP contribution in [0.2, 0.25) is 0 Å². The van der Waals surface area contributed by atoms with Crippen LogP contribution in [0.15, 0.2) is 48.5 Å². The minimum absolute atomic E-state index is 0.0451. The van der Waals surface area contributed by atoms with Gasteiger partial charge in [0.05, 0.1) is 12.7 Å². The lowest BCUT2D eigenvalue weighted by molar-refractivity contribution is 0.0599. The normalized spacial score (nSPS) is 10.0. The molecule has 1 N–H and O–H groups in total. The summed E-state index contributed by atoms with van der Waals surface area (Å²) in [7, 11) is 3.10. The van der Waals surface area contributed by atoms with E-state index in [0.29, 0.717) is 16.7 Å². The Morgan fingerprint density at radius 3 is 2.29 bits per heavy atom. The van der Waals surface area contributed by atoms with Gasteiger partial charge < -0.3 is 10.1 Å². The predicted molar refractivity (Wildman–Crippen MR) is 81.8 cm³/mol. The molecule has 0 saturated carbocycles. The number of carbonyl (C=O) groups is 2. The van der Waals surface area contributed by atoms with Gasteiger partial charge in [-0.15, -0.1) is 0 Å². The van der Waals surface area contributed by atoms with Gasteiger partial charge in [0, 0.05) is 24.7 Å². The van der Waals surface area contributed by atoms with Gasteiger partial charge >= 0.3 is 5.97 Å². The van der Waals surface area contributed by atoms with Crippen molar-refractivity contribution in [1.29, 1.82) is 0 Å². The Kier molecular flexibility index (Phi) is 4.72. The van der Waals surface area contributed by atoms with Crippen molar-refractivity contribution in [3.8, 4) is 0 Å². The molecule has 21 heavy (non-hydrogen) atoms. The fourth-order valence-electron chi connectivity index (χ4n) is 2.20. The van der Waals surface area contributed by atoms with Crippen molar-refractivity contribution in [2.75, 3.05) is 19.5 Å². The first kappa shape index (κ1) is 14.8. The molecule has 2 aromatic carbocycles. The van der Waals surface area contributed by atoms with Crippen LogP contribution in [0.5, 0.6) is 0 Å². The van der Waals surface area contributed by atoms with Crippen molar-refractivity contribution in [1.82, 2.24) is 0 Å². The number of Topliss-reactive ketones (excluding diaryl/α,β-unsaturated/α-hetero) is 1. The second-order valence-electron chi connectivity index (χ2n) is 4.54. The van der Waals surface area contributed by atoms with Crippen LogP contribution in [0, 0.1) is 0 Å². The van der Waals surface area contributed by atoms with E-state index in [9.17, 15) is 9.59 Å². The summed E-state index contributed by atoms with van der Waals surface area (Å²) in [4.78, 5) is 24.2. The van der Waals surface area contributed by atoms with E-state index in [1.807, 2.05) is 18.2 Å². The molecule has 0 bridgehead atoms. The van der Waals surface area contributed by atoms with E-state index in [4.69, 9.17) is 4.74 Å². The van der Waals surface area contributed by atoms with Gasteiger partial charge in [-0.25, -0.2) is 4.79 Å². The summed E-state index contributed by atoms with van der Waals surface area (Å²) in [5, 5.41) is 3.00. The lowest BCUT2D eigenvalue weighted by Crippen LogP contribution is -2.11. The first-order valence-corrected chi connectivity index (χ1v) is 6.63. The van der Waals surface area contributed by atoms with Crippen molar-refractivity contribution < 1.29 is 14.3 Å². The van der Waals surface area contributed by atoms with E-state index in [-0.39, 0.29) is 12.2 Å². The van der Waals surface area contributed by atoms with E-state index in [1.165, 1.54) is 7.11 Å². The highest BCUT2D eigenvalue weighted by molar-refractivity contribution is 6.03. The van der Waals surface area contributed by atoms with Crippen LogP contribution in [0.3, 0.4) is 0 Å². The zero-order chi connectivity index (χ0) is 15.2. The summed E-state index contributed by atoms with van der Waals surface area (Å²) in [6, 6.07) is 14.3. The highest BCUT2D eigenvalue weighted by Crippen LogP contribution is 2.19. The molecule has 2 aromatic rings. The number of ketones is 1. The Morgan fingerprint density at radius 1 is 1.00 bits per heavy atom. The highest BCUT2D eigenvalue weighted by atomic mass is 16.5. The van der Waals surface area contributed by atoms with Gasteiger partial charge in [0.2, 0.25) is 0 Å². The van der Waals surface area contributed by atoms with Crippen LogP contribution in [-0.2, 0) is 11.2 Å². The number of carbonyl (C=O) groups excluding carboxylic acids is 2. The first-order valence-electron chi connectivity index (χ1n) is 6.63. The summed E-state index contributed by atoms with van der Waals surface area (Å²) in [5.41, 5.74) is 2.48. The van der Waals surface area contributed by atoms with Gasteiger partial charge in [-0.2, -0.15) is 0 Å². The molecule has 2 rings (SSSR count). The molecule has 0 saturated heterocycles. The van der Waals surface area contributed by atoms with Gasteiger partial charge in [-0.3, -0.25) is 4.79 Å². The molecule has 108 valence electrons. The molecule has 0 radical (unpaired) electrons. The van der Waals surface area contributed by atoms with Crippen molar-refractivity contribution in [3.05, 3.63) is 65.2 Å². The number of para-hydroxylation sites is 1. The molecule has 0 aromatic heterocycles. The molecular formula is C17H17NO3. The second kappa shape index (κ2) is 6.70. The molecule has 4 heteroatoms. The third-order valence-electron chi connectivity index (χ3n) is 3.27. The van der Waals surface area contributed by atoms with E-state index in [0.717, 1.165) is 5.69 Å². The molecule has 0 spiro atoms. The minimum Gasteiger partial charge on any atom is -0.465 e. The van der Waals surface area contributed by atoms with Crippen LogP contribution < -0.4 is 5.32 Å². The Labute approximate surface area is 123 Å². The van der Waals surface area contributed by atoms with Crippen molar-refractivity contribution >= 4 is 17.4 Å². The van der Waals surface area contributed by atoms with Gasteiger partial charge in [0.1, 0.15) is 0 Å². The fourth-order valence-corrected chi connectivity index (χ4v) is 2.20. The molecular weight excluding hydrogens is 266 g/mol. The van der Waals surface area contributed by atoms with Gasteiger partial charge in [0.25, 0.3) is 0 Å². The Morgan fingerprint density at radius 2 is 1.62 bits per heavy atom. The number of hydrogen-bond acceptors (Lipinski definition) is 4. The number of methoxy groups -OCH3 is 1. The van der Waals surface area contributed by atoms with Crippen LogP contribution in [-0.4, -0.2) is 25.9 Å². The predicted octanol–water partition coefficient (Wildman–Crippen LogP) is 2.94. The zero-order valence-electron chi connectivity index (χ0n) is 12.1. The first-order chi connectivity index (χ1) is 10.2. The molecule has 0 heterocycles. The summed E-state index contributed by atoms with van der Waals surface area (Å²) in [5.74, 6) is -0.475. The molecule has 0 fully saturated rings. The maximum Gasteiger partial charge on any atom is 0.338 e. The molecule has 0 unspecified atom stereocenters. The highest BCUT2D eigenvalue weighted by Gasteiger charge is 2.16. The minimum atomic E-state index is -0.430. The monoisotopic (exact) mass is 283 g/mol.